The molecule has 190 valence electrons. The second-order valence-electron chi connectivity index (χ2n) is 8.44. The lowest BCUT2D eigenvalue weighted by molar-refractivity contribution is -0.152. The normalized spacial score (nSPS) is 24.9. The number of nitrogens with zero attached hydrogens (tertiary/aromatic N) is 2. The maximum atomic E-state index is 13.3. The van der Waals surface area contributed by atoms with Gasteiger partial charge in [-0.15, -0.1) is 0 Å². The molecule has 0 radical (unpaired) electrons. The number of hydrogen-bond acceptors (Lipinski definition) is 8. The quantitative estimate of drug-likeness (QED) is 0.305. The van der Waals surface area contributed by atoms with Gasteiger partial charge in [0.15, 0.2) is 0 Å². The van der Waals surface area contributed by atoms with E-state index in [0.717, 1.165) is 6.42 Å². The molecule has 2 heterocycles. The zero-order valence-electron chi connectivity index (χ0n) is 23.4. The molecule has 1 aromatic heterocycles. The van der Waals surface area contributed by atoms with Crippen LogP contribution in [0.3, 0.4) is 0 Å². The topological polar surface area (TPSA) is 110 Å². The number of rotatable bonds is 14. The van der Waals surface area contributed by atoms with Crippen LogP contribution < -0.4 is 15.0 Å². The van der Waals surface area contributed by atoms with E-state index >= 15 is 0 Å². The first-order valence-electron chi connectivity index (χ1n) is 13.8. The fourth-order valence-electron chi connectivity index (χ4n) is 3.61. The summed E-state index contributed by atoms with van der Waals surface area (Å²) in [4.78, 5) is 32.7. The van der Waals surface area contributed by atoms with Gasteiger partial charge in [-0.05, 0) is 43.2 Å². The largest absolute Gasteiger partial charge is 0.476 e. The van der Waals surface area contributed by atoms with Crippen molar-refractivity contribution in [2.45, 2.75) is 51.1 Å². The van der Waals surface area contributed by atoms with Crippen LogP contribution in [0.15, 0.2) is 12.1 Å². The van der Waals surface area contributed by atoms with Crippen LogP contribution >= 0.6 is 0 Å². The molecule has 1 saturated heterocycles. The molecule has 0 aromatic carbocycles. The van der Waals surface area contributed by atoms with Gasteiger partial charge >= 0.3 is 5.97 Å². The van der Waals surface area contributed by atoms with Gasteiger partial charge in [-0.3, -0.25) is 9.18 Å². The van der Waals surface area contributed by atoms with Gasteiger partial charge in [-0.25, -0.2) is 9.78 Å². The molecule has 1 aliphatic heterocycles. The number of ether oxygens (including phenoxy) is 3. The Balaban J connectivity index is 1.87. The van der Waals surface area contributed by atoms with Crippen LogP contribution in [0.25, 0.3) is 0 Å². The molecule has 3 rings (SSSR count). The summed E-state index contributed by atoms with van der Waals surface area (Å²) in [5.74, 6) is -1.56. The SMILES string of the molecule is [2H]CC([2H])C(NC(=O)c1ccc(N2CC(OC)C2)c(OC[C@H]2C[C@@H]2CO)n1)(C(=O)OCCCF)C([2H])C[2H]. The first kappa shape index (κ1) is 20.9. The molecular weight excluding hydrogens is 445 g/mol. The van der Waals surface area contributed by atoms with Crippen LogP contribution in [-0.4, -0.2) is 80.3 Å². The molecule has 34 heavy (non-hydrogen) atoms. The lowest BCUT2D eigenvalue weighted by Crippen LogP contribution is -2.54. The Hall–Kier alpha value is -2.46. The number of nitrogens with one attached hydrogen (secondary N) is 1. The van der Waals surface area contributed by atoms with Gasteiger partial charge < -0.3 is 29.5 Å². The number of carbonyl (C=O) groups is 2. The number of aliphatic hydroxyl groups is 1. The first-order valence-corrected chi connectivity index (χ1v) is 11.3. The van der Waals surface area contributed by atoms with Gasteiger partial charge in [0.25, 0.3) is 5.91 Å². The molecule has 1 aromatic rings. The molecule has 2 unspecified atom stereocenters. The summed E-state index contributed by atoms with van der Waals surface area (Å²) in [5.41, 5.74) is -1.84. The van der Waals surface area contributed by atoms with E-state index in [1.54, 1.807) is 13.2 Å². The molecule has 0 spiro atoms. The fourth-order valence-corrected chi connectivity index (χ4v) is 3.61. The maximum absolute atomic E-state index is 13.3. The van der Waals surface area contributed by atoms with Crippen LogP contribution in [0.5, 0.6) is 5.88 Å². The van der Waals surface area contributed by atoms with E-state index in [0.29, 0.717) is 25.4 Å². The third-order valence-corrected chi connectivity index (χ3v) is 6.15. The van der Waals surface area contributed by atoms with Crippen molar-refractivity contribution in [3.8, 4) is 5.88 Å². The smallest absolute Gasteiger partial charge is 0.331 e. The average molecular weight is 486 g/mol. The van der Waals surface area contributed by atoms with E-state index < -0.39 is 50.7 Å². The molecule has 4 atom stereocenters. The molecule has 1 saturated carbocycles. The summed E-state index contributed by atoms with van der Waals surface area (Å²) >= 11 is 0. The van der Waals surface area contributed by atoms with Crippen LogP contribution in [0.4, 0.5) is 10.1 Å². The molecule has 10 heteroatoms. The summed E-state index contributed by atoms with van der Waals surface area (Å²) in [7, 11) is 1.62. The zero-order valence-corrected chi connectivity index (χ0v) is 19.4. The Labute approximate surface area is 205 Å². The third kappa shape index (κ3) is 5.96. The summed E-state index contributed by atoms with van der Waals surface area (Å²) < 4.78 is 60.9. The Morgan fingerprint density at radius 1 is 1.35 bits per heavy atom. The lowest BCUT2D eigenvalue weighted by Gasteiger charge is -2.40. The van der Waals surface area contributed by atoms with E-state index in [9.17, 15) is 19.1 Å². The third-order valence-electron chi connectivity index (χ3n) is 6.15. The highest BCUT2D eigenvalue weighted by Crippen LogP contribution is 2.39. The summed E-state index contributed by atoms with van der Waals surface area (Å²) in [6.45, 7) is -0.827. The molecule has 1 amide bonds. The minimum Gasteiger partial charge on any atom is -0.476 e. The number of hydrogen-bond donors (Lipinski definition) is 2. The minimum absolute atomic E-state index is 0.0507. The van der Waals surface area contributed by atoms with Crippen LogP contribution in [0.2, 0.25) is 0 Å². The Bertz CT molecular complexity index is 948. The number of amides is 1. The van der Waals surface area contributed by atoms with E-state index in [4.69, 9.17) is 19.7 Å². The molecule has 2 fully saturated rings. The van der Waals surface area contributed by atoms with Gasteiger partial charge in [0.1, 0.15) is 16.9 Å². The highest BCUT2D eigenvalue weighted by atomic mass is 19.1. The van der Waals surface area contributed by atoms with Crippen molar-refractivity contribution in [1.29, 1.82) is 0 Å². The standard InChI is InChI=1S/C24H36FN3O6/c1-4-24(5-2,23(31)33-10-6-9-25)27-21(30)19-7-8-20(28-12-18(13-28)32-3)22(26-19)34-15-17-11-16(17)14-29/h7-8,16-18,29H,4-6,9-15H2,1-3H3,(H,27,30)/t16-,17-/m1/s1/i1D,2D,4D,5D/t4?,5?,16-,17-,24?. The molecule has 2 N–H and O–H groups in total. The first-order chi connectivity index (χ1) is 18.2. The average Bonchev–Trinajstić information content (AvgIpc) is 3.68. The van der Waals surface area contributed by atoms with Gasteiger partial charge in [0, 0.05) is 38.7 Å². The number of methoxy groups -OCH3 is 1. The molecule has 9 nitrogen and oxygen atoms in total. The van der Waals surface area contributed by atoms with Crippen molar-refractivity contribution in [2.75, 3.05) is 51.6 Å². The highest BCUT2D eigenvalue weighted by Gasteiger charge is 2.40. The Morgan fingerprint density at radius 3 is 2.74 bits per heavy atom. The number of aliphatic hydroxyl groups excluding tert-OH is 1. The molecule has 0 bridgehead atoms. The number of anilines is 1. The van der Waals surface area contributed by atoms with Crippen LogP contribution in [-0.2, 0) is 14.3 Å². The van der Waals surface area contributed by atoms with Crippen molar-refractivity contribution < 1.29 is 38.8 Å². The fraction of sp³-hybridized carbons (Fsp3) is 0.708. The number of esters is 1. The van der Waals surface area contributed by atoms with E-state index in [-0.39, 0.29) is 49.1 Å². The summed E-state index contributed by atoms with van der Waals surface area (Å²) in [5, 5.41) is 11.7. The highest BCUT2D eigenvalue weighted by molar-refractivity contribution is 5.97. The minimum atomic E-state index is -2.33. The van der Waals surface area contributed by atoms with E-state index in [1.165, 1.54) is 6.07 Å². The number of halogens is 1. The lowest BCUT2D eigenvalue weighted by atomic mass is 9.92. The van der Waals surface area contributed by atoms with Crippen molar-refractivity contribution in [2.24, 2.45) is 11.8 Å². The van der Waals surface area contributed by atoms with Crippen LogP contribution in [0, 0.1) is 11.8 Å². The van der Waals surface area contributed by atoms with Gasteiger partial charge in [-0.1, -0.05) is 13.8 Å². The van der Waals surface area contributed by atoms with Crippen molar-refractivity contribution >= 4 is 17.6 Å². The number of carbonyl (C=O) groups excluding carboxylic acids is 2. The van der Waals surface area contributed by atoms with Gasteiger partial charge in [0.2, 0.25) is 5.88 Å². The van der Waals surface area contributed by atoms with Gasteiger partial charge in [0.05, 0.1) is 26.0 Å². The Morgan fingerprint density at radius 2 is 2.12 bits per heavy atom. The monoisotopic (exact) mass is 485 g/mol. The van der Waals surface area contributed by atoms with Crippen LogP contribution in [0.1, 0.15) is 55.4 Å². The van der Waals surface area contributed by atoms with E-state index in [2.05, 4.69) is 10.3 Å². The second-order valence-corrected chi connectivity index (χ2v) is 8.44. The zero-order chi connectivity index (χ0) is 27.9. The second kappa shape index (κ2) is 11.8. The number of pyridine rings is 1. The molecular formula is C24H36FN3O6. The predicted molar refractivity (Wildman–Crippen MR) is 124 cm³/mol. The van der Waals surface area contributed by atoms with Crippen molar-refractivity contribution in [1.82, 2.24) is 10.3 Å². The number of aromatic nitrogens is 1. The molecule has 1 aliphatic carbocycles. The van der Waals surface area contributed by atoms with E-state index in [1.807, 2.05) is 4.90 Å². The maximum Gasteiger partial charge on any atom is 0.331 e. The number of alkyl halides is 1. The van der Waals surface area contributed by atoms with Crippen molar-refractivity contribution in [3.05, 3.63) is 17.8 Å². The summed E-state index contributed by atoms with van der Waals surface area (Å²) in [6.07, 6.45) is -2.47. The van der Waals surface area contributed by atoms with Gasteiger partial charge in [-0.2, -0.15) is 0 Å². The Kier molecular flexibility index (Phi) is 7.24. The predicted octanol–water partition coefficient (Wildman–Crippen LogP) is 2.12. The molecule has 2 aliphatic rings. The van der Waals surface area contributed by atoms with Crippen molar-refractivity contribution in [3.63, 3.8) is 0 Å². The summed E-state index contributed by atoms with van der Waals surface area (Å²) in [6, 6.07) is 3.07.